The molecule has 1 heteroatoms. The van der Waals surface area contributed by atoms with Crippen LogP contribution in [-0.4, -0.2) is 0 Å². The highest BCUT2D eigenvalue weighted by atomic mass is 14.6. The second-order valence-corrected chi connectivity index (χ2v) is 3.01. The van der Waals surface area contributed by atoms with Crippen LogP contribution in [0.25, 0.3) is 0 Å². The molecular formula is C11H19N. The van der Waals surface area contributed by atoms with E-state index in [1.807, 2.05) is 13.0 Å². The molecule has 0 heterocycles. The molecule has 0 saturated carbocycles. The summed E-state index contributed by atoms with van der Waals surface area (Å²) in [5.41, 5.74) is 8.63. The average Bonchev–Trinajstić information content (AvgIpc) is 2.00. The molecular weight excluding hydrogens is 146 g/mol. The first-order valence-electron chi connectivity index (χ1n) is 4.40. The smallest absolute Gasteiger partial charge is 0.0311 e. The Morgan fingerprint density at radius 2 is 2.08 bits per heavy atom. The SMILES string of the molecule is C=C(N)C(/C=C(\C)CCC)=C/C. The Kier molecular flexibility index (Phi) is 5.18. The first-order chi connectivity index (χ1) is 5.61. The Balaban J connectivity index is 4.38. The van der Waals surface area contributed by atoms with Crippen molar-refractivity contribution in [1.82, 2.24) is 0 Å². The number of rotatable bonds is 4. The molecule has 0 aromatic carbocycles. The minimum Gasteiger partial charge on any atom is -0.399 e. The summed E-state index contributed by atoms with van der Waals surface area (Å²) < 4.78 is 0. The molecule has 0 atom stereocenters. The molecule has 0 rings (SSSR count). The first kappa shape index (κ1) is 11.0. The normalized spacial score (nSPS) is 13.2. The molecule has 0 amide bonds. The fourth-order valence-electron chi connectivity index (χ4n) is 1.09. The largest absolute Gasteiger partial charge is 0.399 e. The summed E-state index contributed by atoms with van der Waals surface area (Å²) in [6.45, 7) is 9.97. The number of hydrogen-bond donors (Lipinski definition) is 1. The van der Waals surface area contributed by atoms with E-state index in [1.54, 1.807) is 0 Å². The van der Waals surface area contributed by atoms with E-state index in [4.69, 9.17) is 5.73 Å². The molecule has 0 radical (unpaired) electrons. The summed E-state index contributed by atoms with van der Waals surface area (Å²) >= 11 is 0. The van der Waals surface area contributed by atoms with Crippen molar-refractivity contribution < 1.29 is 0 Å². The minimum atomic E-state index is 0.646. The summed E-state index contributed by atoms with van der Waals surface area (Å²) in [7, 11) is 0. The molecule has 0 bridgehead atoms. The second-order valence-electron chi connectivity index (χ2n) is 3.01. The molecule has 0 spiro atoms. The summed E-state index contributed by atoms with van der Waals surface area (Å²) in [4.78, 5) is 0. The van der Waals surface area contributed by atoms with E-state index in [1.165, 1.54) is 12.0 Å². The Morgan fingerprint density at radius 1 is 1.50 bits per heavy atom. The van der Waals surface area contributed by atoms with Gasteiger partial charge in [-0.25, -0.2) is 0 Å². The van der Waals surface area contributed by atoms with Gasteiger partial charge in [0.15, 0.2) is 0 Å². The quantitative estimate of drug-likeness (QED) is 0.636. The highest BCUT2D eigenvalue weighted by Gasteiger charge is 1.93. The Hall–Kier alpha value is -0.980. The summed E-state index contributed by atoms with van der Waals surface area (Å²) in [5.74, 6) is 0. The number of nitrogens with two attached hydrogens (primary N) is 1. The predicted molar refractivity (Wildman–Crippen MR) is 55.7 cm³/mol. The van der Waals surface area contributed by atoms with Crippen LogP contribution in [0.4, 0.5) is 0 Å². The van der Waals surface area contributed by atoms with Gasteiger partial charge >= 0.3 is 0 Å². The molecule has 0 saturated heterocycles. The fraction of sp³-hybridized carbons (Fsp3) is 0.455. The monoisotopic (exact) mass is 165 g/mol. The van der Waals surface area contributed by atoms with E-state index in [-0.39, 0.29) is 0 Å². The summed E-state index contributed by atoms with van der Waals surface area (Å²) in [6.07, 6.45) is 6.40. The summed E-state index contributed by atoms with van der Waals surface area (Å²) in [5, 5.41) is 0. The van der Waals surface area contributed by atoms with Crippen LogP contribution in [0.1, 0.15) is 33.6 Å². The van der Waals surface area contributed by atoms with Crippen molar-refractivity contribution in [3.05, 3.63) is 35.6 Å². The van der Waals surface area contributed by atoms with Crippen molar-refractivity contribution in [2.45, 2.75) is 33.6 Å². The summed E-state index contributed by atoms with van der Waals surface area (Å²) in [6, 6.07) is 0. The minimum absolute atomic E-state index is 0.646. The highest BCUT2D eigenvalue weighted by Crippen LogP contribution is 2.11. The van der Waals surface area contributed by atoms with Gasteiger partial charge in [-0.2, -0.15) is 0 Å². The Morgan fingerprint density at radius 3 is 2.42 bits per heavy atom. The van der Waals surface area contributed by atoms with Crippen molar-refractivity contribution in [3.63, 3.8) is 0 Å². The zero-order valence-corrected chi connectivity index (χ0v) is 8.35. The van der Waals surface area contributed by atoms with E-state index in [9.17, 15) is 0 Å². The van der Waals surface area contributed by atoms with Crippen LogP contribution in [0.15, 0.2) is 35.6 Å². The van der Waals surface area contributed by atoms with Crippen LogP contribution >= 0.6 is 0 Å². The van der Waals surface area contributed by atoms with Crippen molar-refractivity contribution >= 4 is 0 Å². The Bertz CT molecular complexity index is 209. The molecule has 0 aliphatic carbocycles. The molecule has 68 valence electrons. The van der Waals surface area contributed by atoms with Gasteiger partial charge in [-0.1, -0.05) is 37.6 Å². The van der Waals surface area contributed by atoms with Crippen LogP contribution in [0, 0.1) is 0 Å². The molecule has 0 aliphatic heterocycles. The van der Waals surface area contributed by atoms with Crippen LogP contribution in [0.2, 0.25) is 0 Å². The molecule has 0 fully saturated rings. The third kappa shape index (κ3) is 4.02. The van der Waals surface area contributed by atoms with E-state index < -0.39 is 0 Å². The molecule has 0 aliphatic rings. The third-order valence-corrected chi connectivity index (χ3v) is 1.73. The molecule has 0 unspecified atom stereocenters. The van der Waals surface area contributed by atoms with Crippen molar-refractivity contribution in [2.24, 2.45) is 5.73 Å². The van der Waals surface area contributed by atoms with Gasteiger partial charge in [0.05, 0.1) is 0 Å². The van der Waals surface area contributed by atoms with Gasteiger partial charge in [0, 0.05) is 5.70 Å². The predicted octanol–water partition coefficient (Wildman–Crippen LogP) is 3.15. The molecule has 0 aromatic rings. The first-order valence-corrected chi connectivity index (χ1v) is 4.40. The lowest BCUT2D eigenvalue weighted by Crippen LogP contribution is -1.97. The van der Waals surface area contributed by atoms with Gasteiger partial charge in [0.25, 0.3) is 0 Å². The maximum atomic E-state index is 5.58. The molecule has 0 aromatic heterocycles. The second kappa shape index (κ2) is 5.64. The van der Waals surface area contributed by atoms with Crippen molar-refractivity contribution in [3.8, 4) is 0 Å². The zero-order valence-electron chi connectivity index (χ0n) is 8.35. The van der Waals surface area contributed by atoms with Gasteiger partial charge in [0.2, 0.25) is 0 Å². The van der Waals surface area contributed by atoms with Crippen molar-refractivity contribution in [2.75, 3.05) is 0 Å². The van der Waals surface area contributed by atoms with Gasteiger partial charge < -0.3 is 5.73 Å². The van der Waals surface area contributed by atoms with E-state index in [0.29, 0.717) is 5.70 Å². The lowest BCUT2D eigenvalue weighted by molar-refractivity contribution is 0.904. The van der Waals surface area contributed by atoms with Gasteiger partial charge in [0.1, 0.15) is 0 Å². The molecule has 2 N–H and O–H groups in total. The molecule has 12 heavy (non-hydrogen) atoms. The zero-order chi connectivity index (χ0) is 9.56. The van der Waals surface area contributed by atoms with E-state index >= 15 is 0 Å². The maximum absolute atomic E-state index is 5.58. The number of allylic oxidation sites excluding steroid dienone is 3. The standard InChI is InChI=1S/C11H19N/c1-5-7-9(3)8-11(6-2)10(4)12/h6,8H,4-5,7,12H2,1-3H3/b9-8+,11-6+. The fourth-order valence-corrected chi connectivity index (χ4v) is 1.09. The van der Waals surface area contributed by atoms with Crippen LogP contribution in [-0.2, 0) is 0 Å². The number of hydrogen-bond acceptors (Lipinski definition) is 1. The lowest BCUT2D eigenvalue weighted by atomic mass is 10.1. The average molecular weight is 165 g/mol. The lowest BCUT2D eigenvalue weighted by Gasteiger charge is -2.02. The molecule has 1 nitrogen and oxygen atoms in total. The van der Waals surface area contributed by atoms with Gasteiger partial charge in [-0.3, -0.25) is 0 Å². The van der Waals surface area contributed by atoms with E-state index in [2.05, 4.69) is 26.5 Å². The third-order valence-electron chi connectivity index (χ3n) is 1.73. The van der Waals surface area contributed by atoms with Crippen LogP contribution in [0.3, 0.4) is 0 Å². The Labute approximate surface area is 75.7 Å². The van der Waals surface area contributed by atoms with Gasteiger partial charge in [-0.05, 0) is 25.8 Å². The van der Waals surface area contributed by atoms with Gasteiger partial charge in [-0.15, -0.1) is 0 Å². The van der Waals surface area contributed by atoms with Crippen LogP contribution < -0.4 is 5.73 Å². The topological polar surface area (TPSA) is 26.0 Å². The highest BCUT2D eigenvalue weighted by molar-refractivity contribution is 5.37. The van der Waals surface area contributed by atoms with E-state index in [0.717, 1.165) is 12.0 Å². The van der Waals surface area contributed by atoms with Crippen LogP contribution in [0.5, 0.6) is 0 Å². The maximum Gasteiger partial charge on any atom is 0.0311 e. The van der Waals surface area contributed by atoms with Crippen molar-refractivity contribution in [1.29, 1.82) is 0 Å².